The Kier molecular flexibility index (Phi) is 6.13. The van der Waals surface area contributed by atoms with E-state index in [0.717, 1.165) is 30.2 Å². The van der Waals surface area contributed by atoms with E-state index in [1.54, 1.807) is 17.1 Å². The molecule has 8 heteroatoms. The predicted octanol–water partition coefficient (Wildman–Crippen LogP) is 2.95. The van der Waals surface area contributed by atoms with E-state index in [4.69, 9.17) is 0 Å². The Morgan fingerprint density at radius 3 is 2.57 bits per heavy atom. The first-order valence-electron chi connectivity index (χ1n) is 9.83. The van der Waals surface area contributed by atoms with Crippen LogP contribution >= 0.6 is 11.8 Å². The average Bonchev–Trinajstić information content (AvgIpc) is 3.17. The summed E-state index contributed by atoms with van der Waals surface area (Å²) < 4.78 is 1.64. The maximum absolute atomic E-state index is 12.7. The second kappa shape index (κ2) is 9.13. The van der Waals surface area contributed by atoms with Crippen LogP contribution in [0.2, 0.25) is 0 Å². The molecule has 1 aliphatic rings. The molecule has 3 heterocycles. The van der Waals surface area contributed by atoms with Gasteiger partial charge in [-0.2, -0.15) is 16.9 Å². The first kappa shape index (κ1) is 20.2. The minimum atomic E-state index is -0.232. The fourth-order valence-electron chi connectivity index (χ4n) is 3.35. The van der Waals surface area contributed by atoms with Crippen molar-refractivity contribution in [2.24, 2.45) is 0 Å². The van der Waals surface area contributed by atoms with Crippen molar-refractivity contribution in [2.45, 2.75) is 13.3 Å². The number of benzene rings is 1. The van der Waals surface area contributed by atoms with E-state index in [1.807, 2.05) is 66.1 Å². The molecule has 0 atom stereocenters. The summed E-state index contributed by atoms with van der Waals surface area (Å²) >= 11 is 1.89. The van der Waals surface area contributed by atoms with Crippen molar-refractivity contribution in [1.82, 2.24) is 19.7 Å². The lowest BCUT2D eigenvalue weighted by Gasteiger charge is -2.26. The third-order valence-electron chi connectivity index (χ3n) is 5.05. The lowest BCUT2D eigenvalue weighted by atomic mass is 10.1. The first-order chi connectivity index (χ1) is 14.6. The number of hydrogen-bond acceptors (Lipinski definition) is 5. The highest BCUT2D eigenvalue weighted by Crippen LogP contribution is 2.17. The summed E-state index contributed by atoms with van der Waals surface area (Å²) in [6, 6.07) is 13.0. The Hall–Kier alpha value is -3.13. The molecule has 3 aromatic rings. The molecular weight excluding hydrogens is 398 g/mol. The van der Waals surface area contributed by atoms with Gasteiger partial charge >= 0.3 is 0 Å². The molecule has 7 nitrogen and oxygen atoms in total. The summed E-state index contributed by atoms with van der Waals surface area (Å²) in [6.45, 7) is 3.48. The van der Waals surface area contributed by atoms with Crippen LogP contribution in [0.3, 0.4) is 0 Å². The lowest BCUT2D eigenvalue weighted by Crippen LogP contribution is -2.38. The molecule has 0 aliphatic carbocycles. The van der Waals surface area contributed by atoms with Gasteiger partial charge in [0.1, 0.15) is 0 Å². The normalized spacial score (nSPS) is 13.8. The number of hydrogen-bond donors (Lipinski definition) is 1. The lowest BCUT2D eigenvalue weighted by molar-refractivity contribution is -0.130. The predicted molar refractivity (Wildman–Crippen MR) is 118 cm³/mol. The van der Waals surface area contributed by atoms with Crippen LogP contribution in [0.15, 0.2) is 54.9 Å². The van der Waals surface area contributed by atoms with Crippen molar-refractivity contribution in [3.8, 4) is 5.82 Å². The smallest absolute Gasteiger partial charge is 0.259 e. The molecule has 4 rings (SSSR count). The zero-order valence-corrected chi connectivity index (χ0v) is 17.6. The second-order valence-electron chi connectivity index (χ2n) is 7.06. The topological polar surface area (TPSA) is 80.1 Å². The quantitative estimate of drug-likeness (QED) is 0.685. The standard InChI is InChI=1S/C22H23N5O2S/c1-16-19(15-24-27(16)20-4-2-3-9-23-20)22(29)25-18-7-5-17(6-8-18)14-21(28)26-10-12-30-13-11-26/h2-9,15H,10-14H2,1H3,(H,25,29). The first-order valence-corrected chi connectivity index (χ1v) is 11.0. The molecule has 1 N–H and O–H groups in total. The zero-order chi connectivity index (χ0) is 20.9. The van der Waals surface area contributed by atoms with Crippen molar-refractivity contribution in [3.63, 3.8) is 0 Å². The number of pyridine rings is 1. The molecule has 2 amide bonds. The summed E-state index contributed by atoms with van der Waals surface area (Å²) in [4.78, 5) is 31.3. The van der Waals surface area contributed by atoms with E-state index in [-0.39, 0.29) is 11.8 Å². The molecule has 0 unspecified atom stereocenters. The van der Waals surface area contributed by atoms with E-state index in [2.05, 4.69) is 15.4 Å². The Labute approximate surface area is 179 Å². The van der Waals surface area contributed by atoms with Gasteiger partial charge in [0.25, 0.3) is 5.91 Å². The van der Waals surface area contributed by atoms with Gasteiger partial charge in [0.05, 0.1) is 23.9 Å². The number of aromatic nitrogens is 3. The van der Waals surface area contributed by atoms with E-state index < -0.39 is 0 Å². The zero-order valence-electron chi connectivity index (χ0n) is 16.7. The number of amides is 2. The molecule has 0 saturated carbocycles. The van der Waals surface area contributed by atoms with Gasteiger partial charge in [0.2, 0.25) is 5.91 Å². The number of carbonyl (C=O) groups excluding carboxylic acids is 2. The van der Waals surface area contributed by atoms with E-state index in [9.17, 15) is 9.59 Å². The molecule has 2 aromatic heterocycles. The van der Waals surface area contributed by atoms with Crippen molar-refractivity contribution in [3.05, 3.63) is 71.7 Å². The Bertz CT molecular complexity index is 1030. The van der Waals surface area contributed by atoms with Gasteiger partial charge in [0.15, 0.2) is 5.82 Å². The van der Waals surface area contributed by atoms with E-state index >= 15 is 0 Å². The third-order valence-corrected chi connectivity index (χ3v) is 5.99. The second-order valence-corrected chi connectivity index (χ2v) is 8.29. The number of anilines is 1. The van der Waals surface area contributed by atoms with Crippen LogP contribution in [0.5, 0.6) is 0 Å². The van der Waals surface area contributed by atoms with Gasteiger partial charge in [-0.25, -0.2) is 9.67 Å². The van der Waals surface area contributed by atoms with Gasteiger partial charge in [-0.05, 0) is 36.8 Å². The van der Waals surface area contributed by atoms with Crippen LogP contribution in [0.25, 0.3) is 5.82 Å². The maximum atomic E-state index is 12.7. The fraction of sp³-hybridized carbons (Fsp3) is 0.273. The largest absolute Gasteiger partial charge is 0.341 e. The SMILES string of the molecule is Cc1c(C(=O)Nc2ccc(CC(=O)N3CCSCC3)cc2)cnn1-c1ccccn1. The minimum Gasteiger partial charge on any atom is -0.341 e. The number of nitrogens with one attached hydrogen (secondary N) is 1. The van der Waals surface area contributed by atoms with Crippen LogP contribution < -0.4 is 5.32 Å². The summed E-state index contributed by atoms with van der Waals surface area (Å²) in [5.74, 6) is 2.60. The van der Waals surface area contributed by atoms with E-state index in [0.29, 0.717) is 29.2 Å². The molecular formula is C22H23N5O2S. The third kappa shape index (κ3) is 4.54. The molecule has 1 aliphatic heterocycles. The van der Waals surface area contributed by atoms with Crippen molar-refractivity contribution in [2.75, 3.05) is 29.9 Å². The highest BCUT2D eigenvalue weighted by molar-refractivity contribution is 7.99. The molecule has 154 valence electrons. The van der Waals surface area contributed by atoms with Crippen molar-refractivity contribution < 1.29 is 9.59 Å². The van der Waals surface area contributed by atoms with Crippen LogP contribution in [0.1, 0.15) is 21.6 Å². The Morgan fingerprint density at radius 2 is 1.87 bits per heavy atom. The van der Waals surface area contributed by atoms with Gasteiger partial charge in [-0.15, -0.1) is 0 Å². The van der Waals surface area contributed by atoms with Gasteiger partial charge in [-0.1, -0.05) is 18.2 Å². The summed E-state index contributed by atoms with van der Waals surface area (Å²) in [6.07, 6.45) is 3.62. The maximum Gasteiger partial charge on any atom is 0.259 e. The molecule has 0 spiro atoms. The van der Waals surface area contributed by atoms with Crippen LogP contribution in [0.4, 0.5) is 5.69 Å². The van der Waals surface area contributed by atoms with Crippen molar-refractivity contribution in [1.29, 1.82) is 0 Å². The molecule has 0 radical (unpaired) electrons. The summed E-state index contributed by atoms with van der Waals surface area (Å²) in [5.41, 5.74) is 2.82. The summed E-state index contributed by atoms with van der Waals surface area (Å²) in [7, 11) is 0. The van der Waals surface area contributed by atoms with Crippen LogP contribution in [-0.4, -0.2) is 56.1 Å². The fourth-order valence-corrected chi connectivity index (χ4v) is 4.25. The van der Waals surface area contributed by atoms with Crippen molar-refractivity contribution >= 4 is 29.3 Å². The monoisotopic (exact) mass is 421 g/mol. The molecule has 0 bridgehead atoms. The minimum absolute atomic E-state index is 0.157. The van der Waals surface area contributed by atoms with Gasteiger partial charge < -0.3 is 10.2 Å². The average molecular weight is 422 g/mol. The molecule has 30 heavy (non-hydrogen) atoms. The van der Waals surface area contributed by atoms with Gasteiger partial charge in [-0.3, -0.25) is 9.59 Å². The molecule has 1 saturated heterocycles. The highest BCUT2D eigenvalue weighted by atomic mass is 32.2. The summed E-state index contributed by atoms with van der Waals surface area (Å²) in [5, 5.41) is 7.19. The molecule has 1 fully saturated rings. The van der Waals surface area contributed by atoms with E-state index in [1.165, 1.54) is 0 Å². The number of rotatable bonds is 5. The molecule has 1 aromatic carbocycles. The Morgan fingerprint density at radius 1 is 1.10 bits per heavy atom. The number of carbonyl (C=O) groups is 2. The number of thioether (sulfide) groups is 1. The highest BCUT2D eigenvalue weighted by Gasteiger charge is 2.18. The van der Waals surface area contributed by atoms with Crippen LogP contribution in [-0.2, 0) is 11.2 Å². The van der Waals surface area contributed by atoms with Crippen LogP contribution in [0, 0.1) is 6.92 Å². The number of nitrogens with zero attached hydrogens (tertiary/aromatic N) is 4. The van der Waals surface area contributed by atoms with Gasteiger partial charge in [0, 0.05) is 36.5 Å². The Balaban J connectivity index is 1.39.